The van der Waals surface area contributed by atoms with Crippen molar-refractivity contribution in [2.75, 3.05) is 36.6 Å². The molecule has 112 valence electrons. The third kappa shape index (κ3) is 3.67. The quantitative estimate of drug-likeness (QED) is 0.577. The van der Waals surface area contributed by atoms with Crippen LogP contribution >= 0.6 is 0 Å². The molecule has 0 atom stereocenters. The van der Waals surface area contributed by atoms with E-state index in [2.05, 4.69) is 20.4 Å². The van der Waals surface area contributed by atoms with Gasteiger partial charge in [0, 0.05) is 25.9 Å². The zero-order valence-corrected chi connectivity index (χ0v) is 12.0. The Morgan fingerprint density at radius 2 is 1.95 bits per heavy atom. The van der Waals surface area contributed by atoms with E-state index in [9.17, 15) is 0 Å². The van der Waals surface area contributed by atoms with Gasteiger partial charge in [0.25, 0.3) is 0 Å². The van der Waals surface area contributed by atoms with Gasteiger partial charge in [0.1, 0.15) is 6.10 Å². The van der Waals surface area contributed by atoms with Crippen molar-refractivity contribution in [3.63, 3.8) is 0 Å². The van der Waals surface area contributed by atoms with E-state index in [-0.39, 0.29) is 6.10 Å². The van der Waals surface area contributed by atoms with Crippen molar-refractivity contribution in [2.45, 2.75) is 32.8 Å². The van der Waals surface area contributed by atoms with Crippen LogP contribution in [0.1, 0.15) is 26.7 Å². The fraction of sp³-hybridized carbons (Fsp3) is 0.750. The van der Waals surface area contributed by atoms with Crippen molar-refractivity contribution < 1.29 is 9.47 Å². The van der Waals surface area contributed by atoms with Gasteiger partial charge in [0.05, 0.1) is 13.2 Å². The Bertz CT molecular complexity index is 420. The van der Waals surface area contributed by atoms with Gasteiger partial charge >= 0.3 is 6.01 Å². The standard InChI is InChI=1S/C12H22N6O2/c1-3-18(4-2)11-14-10(17-13)15-12(16-11)20-9-5-7-19-8-6-9/h9H,3-8,13H2,1-2H3,(H,14,15,16,17). The molecule has 0 saturated carbocycles. The van der Waals surface area contributed by atoms with Crippen LogP contribution in [0.25, 0.3) is 0 Å². The molecule has 1 saturated heterocycles. The first-order valence-corrected chi connectivity index (χ1v) is 6.98. The maximum absolute atomic E-state index is 5.81. The molecule has 0 bridgehead atoms. The number of rotatable bonds is 6. The topological polar surface area (TPSA) is 98.4 Å². The Balaban J connectivity index is 2.16. The van der Waals surface area contributed by atoms with Gasteiger partial charge in [-0.05, 0) is 13.8 Å². The molecule has 1 aliphatic rings. The average Bonchev–Trinajstić information content (AvgIpc) is 2.49. The molecule has 3 N–H and O–H groups in total. The van der Waals surface area contributed by atoms with E-state index in [1.807, 2.05) is 18.7 Å². The minimum Gasteiger partial charge on any atom is -0.460 e. The summed E-state index contributed by atoms with van der Waals surface area (Å²) in [5.41, 5.74) is 2.45. The lowest BCUT2D eigenvalue weighted by Gasteiger charge is -2.23. The van der Waals surface area contributed by atoms with E-state index in [0.29, 0.717) is 31.1 Å². The van der Waals surface area contributed by atoms with Gasteiger partial charge in [-0.1, -0.05) is 0 Å². The van der Waals surface area contributed by atoms with E-state index in [4.69, 9.17) is 15.3 Å². The summed E-state index contributed by atoms with van der Waals surface area (Å²) in [7, 11) is 0. The van der Waals surface area contributed by atoms with Crippen LogP contribution in [0.2, 0.25) is 0 Å². The molecular formula is C12H22N6O2. The molecule has 8 nitrogen and oxygen atoms in total. The molecular weight excluding hydrogens is 260 g/mol. The fourth-order valence-corrected chi connectivity index (χ4v) is 2.05. The zero-order chi connectivity index (χ0) is 14.4. The molecule has 1 aromatic heterocycles. The van der Waals surface area contributed by atoms with Crippen LogP contribution in [0.15, 0.2) is 0 Å². The van der Waals surface area contributed by atoms with Crippen molar-refractivity contribution in [2.24, 2.45) is 5.84 Å². The highest BCUT2D eigenvalue weighted by Crippen LogP contribution is 2.18. The Hall–Kier alpha value is -1.67. The Labute approximate surface area is 118 Å². The third-order valence-electron chi connectivity index (χ3n) is 3.22. The van der Waals surface area contributed by atoms with Crippen LogP contribution in [0.5, 0.6) is 6.01 Å². The first-order valence-electron chi connectivity index (χ1n) is 6.98. The monoisotopic (exact) mass is 282 g/mol. The average molecular weight is 282 g/mol. The first kappa shape index (κ1) is 14.7. The van der Waals surface area contributed by atoms with E-state index >= 15 is 0 Å². The summed E-state index contributed by atoms with van der Waals surface area (Å²) in [6, 6.07) is 0.307. The highest BCUT2D eigenvalue weighted by atomic mass is 16.5. The smallest absolute Gasteiger partial charge is 0.323 e. The highest BCUT2D eigenvalue weighted by Gasteiger charge is 2.18. The Kier molecular flexibility index (Phi) is 5.31. The van der Waals surface area contributed by atoms with Crippen LogP contribution in [0, 0.1) is 0 Å². The summed E-state index contributed by atoms with van der Waals surface area (Å²) in [4.78, 5) is 14.8. The maximum Gasteiger partial charge on any atom is 0.323 e. The van der Waals surface area contributed by atoms with Crippen molar-refractivity contribution in [3.05, 3.63) is 0 Å². The summed E-state index contributed by atoms with van der Waals surface area (Å²) in [6.45, 7) is 7.12. The minimum atomic E-state index is 0.0846. The summed E-state index contributed by atoms with van der Waals surface area (Å²) in [5.74, 6) is 6.29. The van der Waals surface area contributed by atoms with Gasteiger partial charge in [-0.15, -0.1) is 0 Å². The molecule has 0 aliphatic carbocycles. The number of nitrogens with one attached hydrogen (secondary N) is 1. The summed E-state index contributed by atoms with van der Waals surface area (Å²) < 4.78 is 11.1. The molecule has 1 aromatic rings. The van der Waals surface area contributed by atoms with Gasteiger partial charge in [0.15, 0.2) is 0 Å². The second-order valence-electron chi connectivity index (χ2n) is 4.49. The second-order valence-corrected chi connectivity index (χ2v) is 4.49. The molecule has 1 aliphatic heterocycles. The lowest BCUT2D eigenvalue weighted by atomic mass is 10.2. The summed E-state index contributed by atoms with van der Waals surface area (Å²) in [6.07, 6.45) is 1.77. The number of aromatic nitrogens is 3. The van der Waals surface area contributed by atoms with Gasteiger partial charge < -0.3 is 14.4 Å². The Morgan fingerprint density at radius 1 is 1.25 bits per heavy atom. The number of hydrogen-bond acceptors (Lipinski definition) is 8. The maximum atomic E-state index is 5.81. The SMILES string of the molecule is CCN(CC)c1nc(NN)nc(OC2CCOCC2)n1. The molecule has 2 rings (SSSR count). The van der Waals surface area contributed by atoms with Crippen molar-refractivity contribution >= 4 is 11.9 Å². The molecule has 20 heavy (non-hydrogen) atoms. The zero-order valence-electron chi connectivity index (χ0n) is 12.0. The van der Waals surface area contributed by atoms with Crippen LogP contribution in [0.3, 0.4) is 0 Å². The fourth-order valence-electron chi connectivity index (χ4n) is 2.05. The van der Waals surface area contributed by atoms with Crippen LogP contribution in [-0.2, 0) is 4.74 Å². The van der Waals surface area contributed by atoms with Crippen molar-refractivity contribution in [1.29, 1.82) is 0 Å². The number of nitrogens with two attached hydrogens (primary N) is 1. The highest BCUT2D eigenvalue weighted by molar-refractivity contribution is 5.37. The lowest BCUT2D eigenvalue weighted by Crippen LogP contribution is -2.29. The normalized spacial score (nSPS) is 15.9. The molecule has 0 unspecified atom stereocenters. The largest absolute Gasteiger partial charge is 0.460 e. The van der Waals surface area contributed by atoms with E-state index in [0.717, 1.165) is 25.9 Å². The number of anilines is 2. The molecule has 1 fully saturated rings. The lowest BCUT2D eigenvalue weighted by molar-refractivity contribution is 0.0217. The molecule has 8 heteroatoms. The van der Waals surface area contributed by atoms with E-state index in [1.54, 1.807) is 0 Å². The molecule has 0 aromatic carbocycles. The molecule has 0 amide bonds. The first-order chi connectivity index (χ1) is 9.76. The molecule has 0 spiro atoms. The minimum absolute atomic E-state index is 0.0846. The van der Waals surface area contributed by atoms with Crippen molar-refractivity contribution in [1.82, 2.24) is 15.0 Å². The van der Waals surface area contributed by atoms with Crippen molar-refractivity contribution in [3.8, 4) is 6.01 Å². The molecule has 2 heterocycles. The number of ether oxygens (including phenoxy) is 2. The van der Waals surface area contributed by atoms with Crippen LogP contribution in [0.4, 0.5) is 11.9 Å². The van der Waals surface area contributed by atoms with E-state index < -0.39 is 0 Å². The van der Waals surface area contributed by atoms with Gasteiger partial charge in [-0.3, -0.25) is 5.43 Å². The predicted molar refractivity (Wildman–Crippen MR) is 75.7 cm³/mol. The summed E-state index contributed by atoms with van der Waals surface area (Å²) >= 11 is 0. The Morgan fingerprint density at radius 3 is 2.55 bits per heavy atom. The third-order valence-corrected chi connectivity index (χ3v) is 3.22. The number of hydrogen-bond donors (Lipinski definition) is 2. The second kappa shape index (κ2) is 7.20. The summed E-state index contributed by atoms with van der Waals surface area (Å²) in [5, 5.41) is 0. The number of hydrazine groups is 1. The van der Waals surface area contributed by atoms with Gasteiger partial charge in [-0.25, -0.2) is 5.84 Å². The predicted octanol–water partition coefficient (Wildman–Crippen LogP) is 0.561. The van der Waals surface area contributed by atoms with E-state index in [1.165, 1.54) is 0 Å². The van der Waals surface area contributed by atoms with Crippen LogP contribution < -0.4 is 20.9 Å². The van der Waals surface area contributed by atoms with Gasteiger partial charge in [0.2, 0.25) is 11.9 Å². The van der Waals surface area contributed by atoms with Crippen LogP contribution in [-0.4, -0.2) is 47.4 Å². The molecule has 0 radical (unpaired) electrons. The number of nitrogen functional groups attached to an aromatic ring is 1. The van der Waals surface area contributed by atoms with Gasteiger partial charge in [-0.2, -0.15) is 15.0 Å². The number of nitrogens with zero attached hydrogens (tertiary/aromatic N) is 4.